The second-order valence-corrected chi connectivity index (χ2v) is 9.17. The van der Waals surface area contributed by atoms with Crippen molar-refractivity contribution in [3.8, 4) is 11.5 Å². The first-order valence-electron chi connectivity index (χ1n) is 11.5. The summed E-state index contributed by atoms with van der Waals surface area (Å²) < 4.78 is 10.6. The summed E-state index contributed by atoms with van der Waals surface area (Å²) in [6, 6.07) is 24.6. The maximum absolute atomic E-state index is 13.2. The third-order valence-electron chi connectivity index (χ3n) is 5.63. The van der Waals surface area contributed by atoms with Gasteiger partial charge in [0.15, 0.2) is 0 Å². The lowest BCUT2D eigenvalue weighted by atomic mass is 10.2. The van der Waals surface area contributed by atoms with E-state index in [-0.39, 0.29) is 5.91 Å². The summed E-state index contributed by atoms with van der Waals surface area (Å²) in [7, 11) is 3.14. The number of carbonyl (C=O) groups is 1. The number of methoxy groups -OCH3 is 2. The summed E-state index contributed by atoms with van der Waals surface area (Å²) in [5.41, 5.74) is 3.78. The third kappa shape index (κ3) is 5.65. The first-order valence-corrected chi connectivity index (χ1v) is 12.3. The number of anilines is 1. The van der Waals surface area contributed by atoms with Crippen LogP contribution in [-0.2, 0) is 0 Å². The van der Waals surface area contributed by atoms with E-state index >= 15 is 0 Å². The highest BCUT2D eigenvalue weighted by molar-refractivity contribution is 7.99. The zero-order valence-electron chi connectivity index (χ0n) is 20.3. The molecule has 0 fully saturated rings. The molecule has 7 nitrogen and oxygen atoms in total. The number of carbonyl (C=O) groups excluding carboxylic acids is 1. The van der Waals surface area contributed by atoms with Gasteiger partial charge in [0.2, 0.25) is 0 Å². The van der Waals surface area contributed by atoms with E-state index in [2.05, 4.69) is 20.5 Å². The molecule has 0 aliphatic carbocycles. The molecule has 2 N–H and O–H groups in total. The molecule has 0 radical (unpaired) electrons. The Morgan fingerprint density at radius 1 is 0.919 bits per heavy atom. The molecule has 0 aliphatic rings. The van der Waals surface area contributed by atoms with Gasteiger partial charge in [-0.2, -0.15) is 5.10 Å². The molecule has 37 heavy (non-hydrogen) atoms. The van der Waals surface area contributed by atoms with E-state index in [9.17, 15) is 4.79 Å². The van der Waals surface area contributed by atoms with Gasteiger partial charge in [-0.05, 0) is 54.6 Å². The van der Waals surface area contributed by atoms with Crippen molar-refractivity contribution in [1.82, 2.24) is 15.2 Å². The summed E-state index contributed by atoms with van der Waals surface area (Å²) >= 11 is 1.52. The zero-order valence-corrected chi connectivity index (χ0v) is 21.1. The molecule has 0 atom stereocenters. The maximum Gasteiger partial charge on any atom is 0.256 e. The second kappa shape index (κ2) is 11.0. The predicted octanol–water partition coefficient (Wildman–Crippen LogP) is 6.55. The van der Waals surface area contributed by atoms with Gasteiger partial charge in [-0.15, -0.1) is 0 Å². The number of amides is 1. The number of nitrogens with one attached hydrogen (secondary N) is 2. The molecule has 8 heteroatoms. The molecule has 3 aromatic carbocycles. The highest BCUT2D eigenvalue weighted by atomic mass is 32.2. The molecule has 0 spiro atoms. The van der Waals surface area contributed by atoms with E-state index < -0.39 is 0 Å². The fourth-order valence-corrected chi connectivity index (χ4v) is 4.78. The Kier molecular flexibility index (Phi) is 7.19. The number of pyridine rings is 1. The number of aromatic amines is 1. The number of rotatable bonds is 8. The van der Waals surface area contributed by atoms with Crippen LogP contribution in [0.1, 0.15) is 21.7 Å². The number of ether oxygens (including phenoxy) is 2. The lowest BCUT2D eigenvalue weighted by molar-refractivity contribution is 0.102. The average molecular weight is 509 g/mol. The molecule has 2 aromatic heterocycles. The van der Waals surface area contributed by atoms with Crippen LogP contribution in [0.2, 0.25) is 0 Å². The SMILES string of the molecule is COc1cc(NC(=O)c2ccccc2Sc2ccc3c(/C=C/c4ccccn4)n[nH]c3c2)cc(OC)c1. The highest BCUT2D eigenvalue weighted by Gasteiger charge is 2.14. The fraction of sp³-hybridized carbons (Fsp3) is 0.0690. The second-order valence-electron chi connectivity index (χ2n) is 8.06. The molecule has 5 rings (SSSR count). The molecule has 0 saturated carbocycles. The number of aromatic nitrogens is 3. The Labute approximate surface area is 218 Å². The number of benzene rings is 3. The van der Waals surface area contributed by atoms with Crippen LogP contribution in [0.5, 0.6) is 11.5 Å². The van der Waals surface area contributed by atoms with Crippen LogP contribution < -0.4 is 14.8 Å². The van der Waals surface area contributed by atoms with E-state index in [1.54, 1.807) is 38.6 Å². The highest BCUT2D eigenvalue weighted by Crippen LogP contribution is 2.34. The van der Waals surface area contributed by atoms with Gasteiger partial charge in [0.05, 0.1) is 36.7 Å². The average Bonchev–Trinajstić information content (AvgIpc) is 3.34. The van der Waals surface area contributed by atoms with Crippen LogP contribution in [0.4, 0.5) is 5.69 Å². The lowest BCUT2D eigenvalue weighted by Gasteiger charge is -2.12. The molecule has 184 valence electrons. The molecular formula is C29H24N4O3S. The van der Waals surface area contributed by atoms with E-state index in [1.165, 1.54) is 11.8 Å². The predicted molar refractivity (Wildman–Crippen MR) is 147 cm³/mol. The normalized spacial score (nSPS) is 11.1. The smallest absolute Gasteiger partial charge is 0.256 e. The van der Waals surface area contributed by atoms with Crippen molar-refractivity contribution in [3.05, 3.63) is 102 Å². The van der Waals surface area contributed by atoms with E-state index in [1.807, 2.05) is 72.8 Å². The maximum atomic E-state index is 13.2. The first-order chi connectivity index (χ1) is 18.1. The minimum absolute atomic E-state index is 0.219. The fourth-order valence-electron chi connectivity index (χ4n) is 3.80. The number of hydrogen-bond acceptors (Lipinski definition) is 6. The van der Waals surface area contributed by atoms with Gasteiger partial charge >= 0.3 is 0 Å². The minimum Gasteiger partial charge on any atom is -0.497 e. The Balaban J connectivity index is 1.36. The van der Waals surface area contributed by atoms with Crippen LogP contribution in [0.15, 0.2) is 94.9 Å². The van der Waals surface area contributed by atoms with Gasteiger partial charge in [-0.1, -0.05) is 30.0 Å². The molecule has 0 unspecified atom stereocenters. The topological polar surface area (TPSA) is 89.1 Å². The van der Waals surface area contributed by atoms with Crippen molar-refractivity contribution >= 4 is 46.4 Å². The van der Waals surface area contributed by atoms with Gasteiger partial charge in [0, 0.05) is 45.3 Å². The van der Waals surface area contributed by atoms with Crippen molar-refractivity contribution in [3.63, 3.8) is 0 Å². The number of fused-ring (bicyclic) bond motifs is 1. The van der Waals surface area contributed by atoms with Gasteiger partial charge in [-0.3, -0.25) is 14.9 Å². The summed E-state index contributed by atoms with van der Waals surface area (Å²) in [6.07, 6.45) is 5.64. The van der Waals surface area contributed by atoms with Gasteiger partial charge < -0.3 is 14.8 Å². The van der Waals surface area contributed by atoms with Crippen molar-refractivity contribution in [2.45, 2.75) is 9.79 Å². The van der Waals surface area contributed by atoms with Crippen molar-refractivity contribution in [1.29, 1.82) is 0 Å². The Morgan fingerprint density at radius 2 is 1.70 bits per heavy atom. The molecule has 0 saturated heterocycles. The lowest BCUT2D eigenvalue weighted by Crippen LogP contribution is -2.13. The summed E-state index contributed by atoms with van der Waals surface area (Å²) in [5.74, 6) is 0.974. The van der Waals surface area contributed by atoms with Gasteiger partial charge in [-0.25, -0.2) is 0 Å². The van der Waals surface area contributed by atoms with Crippen LogP contribution in [0, 0.1) is 0 Å². The summed E-state index contributed by atoms with van der Waals surface area (Å²) in [6.45, 7) is 0. The number of nitrogens with zero attached hydrogens (tertiary/aromatic N) is 2. The van der Waals surface area contributed by atoms with E-state index in [0.29, 0.717) is 22.7 Å². The Hall–Kier alpha value is -4.56. The Morgan fingerprint density at radius 3 is 2.46 bits per heavy atom. The van der Waals surface area contributed by atoms with E-state index in [4.69, 9.17) is 9.47 Å². The monoisotopic (exact) mass is 508 g/mol. The van der Waals surface area contributed by atoms with Crippen LogP contribution in [0.3, 0.4) is 0 Å². The minimum atomic E-state index is -0.219. The van der Waals surface area contributed by atoms with Gasteiger partial charge in [0.25, 0.3) is 5.91 Å². The molecule has 0 aliphatic heterocycles. The quantitative estimate of drug-likeness (QED) is 0.247. The van der Waals surface area contributed by atoms with Crippen molar-refractivity contribution < 1.29 is 14.3 Å². The third-order valence-corrected chi connectivity index (χ3v) is 6.70. The van der Waals surface area contributed by atoms with Crippen molar-refractivity contribution in [2.24, 2.45) is 0 Å². The van der Waals surface area contributed by atoms with Crippen molar-refractivity contribution in [2.75, 3.05) is 19.5 Å². The number of H-pyrrole nitrogens is 1. The standard InChI is InChI=1S/C29H24N4O3S/c1-35-21-15-20(16-22(17-21)36-2)31-29(34)25-8-3-4-9-28(25)37-23-11-12-24-26(32-33-27(24)18-23)13-10-19-7-5-6-14-30-19/h3-18H,1-2H3,(H,31,34)(H,32,33)/b13-10+. The molecular weight excluding hydrogens is 484 g/mol. The van der Waals surface area contributed by atoms with Crippen LogP contribution in [0.25, 0.3) is 23.1 Å². The van der Waals surface area contributed by atoms with E-state index in [0.717, 1.165) is 32.1 Å². The van der Waals surface area contributed by atoms with Crippen LogP contribution in [-0.4, -0.2) is 35.3 Å². The molecule has 5 aromatic rings. The molecule has 0 bridgehead atoms. The summed E-state index contributed by atoms with van der Waals surface area (Å²) in [4.78, 5) is 19.3. The van der Waals surface area contributed by atoms with Gasteiger partial charge in [0.1, 0.15) is 11.5 Å². The molecule has 2 heterocycles. The number of hydrogen-bond donors (Lipinski definition) is 2. The largest absolute Gasteiger partial charge is 0.497 e. The Bertz CT molecular complexity index is 1560. The zero-order chi connectivity index (χ0) is 25.6. The summed E-state index contributed by atoms with van der Waals surface area (Å²) in [5, 5.41) is 11.5. The molecule has 1 amide bonds. The van der Waals surface area contributed by atoms with Crippen LogP contribution >= 0.6 is 11.8 Å². The first kappa shape index (κ1) is 24.1.